The van der Waals surface area contributed by atoms with Gasteiger partial charge in [0.05, 0.1) is 6.10 Å². The minimum atomic E-state index is -1.08. The molecule has 6 heteroatoms. The lowest BCUT2D eigenvalue weighted by Crippen LogP contribution is -2.43. The monoisotopic (exact) mass is 293 g/mol. The molecule has 6 nitrogen and oxygen atoms in total. The highest BCUT2D eigenvalue weighted by Gasteiger charge is 2.27. The third-order valence-corrected chi connectivity index (χ3v) is 3.33. The number of rotatable bonds is 6. The second-order valence-corrected chi connectivity index (χ2v) is 4.97. The highest BCUT2D eigenvalue weighted by atomic mass is 16.5. The third-order valence-electron chi connectivity index (χ3n) is 3.33. The number of carbonyl (C=O) groups excluding carboxylic acids is 1. The van der Waals surface area contributed by atoms with Crippen molar-refractivity contribution in [3.05, 3.63) is 35.9 Å². The molecule has 1 amide bonds. The van der Waals surface area contributed by atoms with Crippen LogP contribution in [0.4, 0.5) is 4.79 Å². The van der Waals surface area contributed by atoms with Gasteiger partial charge in [-0.1, -0.05) is 30.3 Å². The van der Waals surface area contributed by atoms with Crippen molar-refractivity contribution < 1.29 is 24.2 Å². The Bertz CT molecular complexity index is 470. The molecule has 1 aromatic carbocycles. The zero-order valence-electron chi connectivity index (χ0n) is 11.7. The number of aliphatic carboxylic acids is 1. The zero-order valence-corrected chi connectivity index (χ0v) is 11.7. The molecule has 0 unspecified atom stereocenters. The van der Waals surface area contributed by atoms with Gasteiger partial charge in [-0.25, -0.2) is 9.59 Å². The Hall–Kier alpha value is -2.08. The topological polar surface area (TPSA) is 84.9 Å². The quantitative estimate of drug-likeness (QED) is 0.837. The SMILES string of the molecule is O=C(N[C@@H](C[C@@H]1CCCO1)C(=O)O)OCc1ccccc1. The van der Waals surface area contributed by atoms with E-state index in [1.54, 1.807) is 0 Å². The van der Waals surface area contributed by atoms with Crippen molar-refractivity contribution in [1.29, 1.82) is 0 Å². The summed E-state index contributed by atoms with van der Waals surface area (Å²) in [5, 5.41) is 11.5. The molecule has 0 radical (unpaired) electrons. The summed E-state index contributed by atoms with van der Waals surface area (Å²) < 4.78 is 10.4. The second kappa shape index (κ2) is 7.64. The molecule has 1 aliphatic heterocycles. The summed E-state index contributed by atoms with van der Waals surface area (Å²) >= 11 is 0. The Morgan fingerprint density at radius 1 is 1.38 bits per heavy atom. The molecule has 2 N–H and O–H groups in total. The molecule has 1 aromatic rings. The van der Waals surface area contributed by atoms with Crippen LogP contribution in [0.5, 0.6) is 0 Å². The normalized spacial score (nSPS) is 19.0. The number of hydrogen-bond donors (Lipinski definition) is 2. The van der Waals surface area contributed by atoms with Crippen molar-refractivity contribution in [3.63, 3.8) is 0 Å². The molecule has 0 aromatic heterocycles. The molecule has 21 heavy (non-hydrogen) atoms. The van der Waals surface area contributed by atoms with Crippen LogP contribution in [0.25, 0.3) is 0 Å². The van der Waals surface area contributed by atoms with Gasteiger partial charge in [-0.05, 0) is 18.4 Å². The number of carboxylic acid groups (broad SMARTS) is 1. The summed E-state index contributed by atoms with van der Waals surface area (Å²) in [5.74, 6) is -1.08. The molecule has 2 atom stereocenters. The van der Waals surface area contributed by atoms with E-state index in [1.807, 2.05) is 30.3 Å². The van der Waals surface area contributed by atoms with Crippen LogP contribution in [0.2, 0.25) is 0 Å². The van der Waals surface area contributed by atoms with Gasteiger partial charge in [0, 0.05) is 13.0 Å². The van der Waals surface area contributed by atoms with Gasteiger partial charge in [0.15, 0.2) is 0 Å². The molecular weight excluding hydrogens is 274 g/mol. The van der Waals surface area contributed by atoms with Gasteiger partial charge < -0.3 is 19.9 Å². The lowest BCUT2D eigenvalue weighted by Gasteiger charge is -2.17. The maximum absolute atomic E-state index is 11.7. The van der Waals surface area contributed by atoms with E-state index in [0.29, 0.717) is 6.61 Å². The zero-order chi connectivity index (χ0) is 15.1. The van der Waals surface area contributed by atoms with E-state index in [9.17, 15) is 9.59 Å². The van der Waals surface area contributed by atoms with Crippen LogP contribution >= 0.6 is 0 Å². The van der Waals surface area contributed by atoms with Crippen LogP contribution in [0.15, 0.2) is 30.3 Å². The van der Waals surface area contributed by atoms with E-state index in [1.165, 1.54) is 0 Å². The summed E-state index contributed by atoms with van der Waals surface area (Å²) in [5.41, 5.74) is 0.846. The maximum Gasteiger partial charge on any atom is 0.408 e. The molecule has 1 saturated heterocycles. The summed E-state index contributed by atoms with van der Waals surface area (Å²) in [6.45, 7) is 0.758. The van der Waals surface area contributed by atoms with E-state index in [2.05, 4.69) is 5.32 Å². The molecule has 1 fully saturated rings. The summed E-state index contributed by atoms with van der Waals surface area (Å²) in [6.07, 6.45) is 1.17. The number of alkyl carbamates (subject to hydrolysis) is 1. The van der Waals surface area contributed by atoms with Gasteiger partial charge in [-0.2, -0.15) is 0 Å². The minimum Gasteiger partial charge on any atom is -0.480 e. The second-order valence-electron chi connectivity index (χ2n) is 4.97. The first-order valence-electron chi connectivity index (χ1n) is 6.97. The van der Waals surface area contributed by atoms with Gasteiger partial charge in [0.1, 0.15) is 12.6 Å². The van der Waals surface area contributed by atoms with E-state index in [-0.39, 0.29) is 19.1 Å². The highest BCUT2D eigenvalue weighted by molar-refractivity contribution is 5.79. The van der Waals surface area contributed by atoms with E-state index in [4.69, 9.17) is 14.6 Å². The number of carboxylic acids is 1. The largest absolute Gasteiger partial charge is 0.480 e. The standard InChI is InChI=1S/C15H19NO5/c17-14(18)13(9-12-7-4-8-20-12)16-15(19)21-10-11-5-2-1-3-6-11/h1-3,5-6,12-13H,4,7-10H2,(H,16,19)(H,17,18)/t12-,13-/m0/s1. The first kappa shape index (κ1) is 15.3. The lowest BCUT2D eigenvalue weighted by molar-refractivity contribution is -0.140. The summed E-state index contributed by atoms with van der Waals surface area (Å²) in [4.78, 5) is 22.8. The molecule has 2 rings (SSSR count). The maximum atomic E-state index is 11.7. The number of nitrogens with one attached hydrogen (secondary N) is 1. The van der Waals surface area contributed by atoms with Crippen molar-refractivity contribution in [3.8, 4) is 0 Å². The lowest BCUT2D eigenvalue weighted by atomic mass is 10.1. The Labute approximate surface area is 123 Å². The first-order valence-corrected chi connectivity index (χ1v) is 6.97. The molecule has 1 aliphatic rings. The Balaban J connectivity index is 1.79. The van der Waals surface area contributed by atoms with Crippen LogP contribution in [-0.2, 0) is 20.9 Å². The average Bonchev–Trinajstić information content (AvgIpc) is 2.98. The van der Waals surface area contributed by atoms with Gasteiger partial charge in [0.2, 0.25) is 0 Å². The van der Waals surface area contributed by atoms with Crippen molar-refractivity contribution in [2.24, 2.45) is 0 Å². The van der Waals surface area contributed by atoms with Crippen LogP contribution in [0.1, 0.15) is 24.8 Å². The minimum absolute atomic E-state index is 0.110. The van der Waals surface area contributed by atoms with Crippen LogP contribution in [0, 0.1) is 0 Å². The fourth-order valence-electron chi connectivity index (χ4n) is 2.22. The predicted octanol–water partition coefficient (Wildman–Crippen LogP) is 1.94. The summed E-state index contributed by atoms with van der Waals surface area (Å²) in [6, 6.07) is 8.22. The van der Waals surface area contributed by atoms with E-state index >= 15 is 0 Å². The molecule has 0 spiro atoms. The van der Waals surface area contributed by atoms with Gasteiger partial charge in [-0.15, -0.1) is 0 Å². The molecule has 0 aliphatic carbocycles. The van der Waals surface area contributed by atoms with Gasteiger partial charge in [0.25, 0.3) is 0 Å². The van der Waals surface area contributed by atoms with E-state index in [0.717, 1.165) is 18.4 Å². The number of benzene rings is 1. The number of carbonyl (C=O) groups is 2. The van der Waals surface area contributed by atoms with E-state index < -0.39 is 18.1 Å². The first-order chi connectivity index (χ1) is 10.1. The van der Waals surface area contributed by atoms with Crippen LogP contribution < -0.4 is 5.32 Å². The average molecular weight is 293 g/mol. The van der Waals surface area contributed by atoms with Gasteiger partial charge in [-0.3, -0.25) is 0 Å². The molecule has 114 valence electrons. The molecule has 0 saturated carbocycles. The Morgan fingerprint density at radius 3 is 2.76 bits per heavy atom. The fourth-order valence-corrected chi connectivity index (χ4v) is 2.22. The summed E-state index contributed by atoms with van der Waals surface area (Å²) in [7, 11) is 0. The van der Waals surface area contributed by atoms with Crippen molar-refractivity contribution in [2.45, 2.75) is 38.0 Å². The van der Waals surface area contributed by atoms with Crippen LogP contribution in [-0.4, -0.2) is 35.9 Å². The number of ether oxygens (including phenoxy) is 2. The molecule has 0 bridgehead atoms. The Kier molecular flexibility index (Phi) is 5.57. The third kappa shape index (κ3) is 5.07. The van der Waals surface area contributed by atoms with Crippen molar-refractivity contribution in [1.82, 2.24) is 5.32 Å². The van der Waals surface area contributed by atoms with Crippen molar-refractivity contribution >= 4 is 12.1 Å². The highest BCUT2D eigenvalue weighted by Crippen LogP contribution is 2.17. The Morgan fingerprint density at radius 2 is 2.14 bits per heavy atom. The molecule has 1 heterocycles. The smallest absolute Gasteiger partial charge is 0.408 e. The number of hydrogen-bond acceptors (Lipinski definition) is 4. The number of amides is 1. The van der Waals surface area contributed by atoms with Crippen LogP contribution in [0.3, 0.4) is 0 Å². The van der Waals surface area contributed by atoms with Crippen molar-refractivity contribution in [2.75, 3.05) is 6.61 Å². The fraction of sp³-hybridized carbons (Fsp3) is 0.467. The molecular formula is C15H19NO5. The predicted molar refractivity (Wildman–Crippen MR) is 74.8 cm³/mol. The van der Waals surface area contributed by atoms with Gasteiger partial charge >= 0.3 is 12.1 Å².